The van der Waals surface area contributed by atoms with Crippen molar-refractivity contribution in [3.63, 3.8) is 0 Å². The van der Waals surface area contributed by atoms with Gasteiger partial charge in [-0.25, -0.2) is 0 Å². The summed E-state index contributed by atoms with van der Waals surface area (Å²) in [5, 5.41) is 5.11. The van der Waals surface area contributed by atoms with E-state index in [0.717, 1.165) is 42.4 Å². The van der Waals surface area contributed by atoms with E-state index in [9.17, 15) is 9.59 Å². The van der Waals surface area contributed by atoms with Crippen LogP contribution in [0.5, 0.6) is 0 Å². The van der Waals surface area contributed by atoms with Crippen molar-refractivity contribution in [3.8, 4) is 0 Å². The molecule has 0 unspecified atom stereocenters. The molecule has 1 saturated heterocycles. The summed E-state index contributed by atoms with van der Waals surface area (Å²) in [4.78, 5) is 32.7. The van der Waals surface area contributed by atoms with Crippen LogP contribution in [0.2, 0.25) is 0 Å². The van der Waals surface area contributed by atoms with E-state index in [2.05, 4.69) is 14.9 Å². The molecule has 1 fully saturated rings. The lowest BCUT2D eigenvalue weighted by Crippen LogP contribution is -2.42. The standard InChI is InChI=1S/C25H31N5O5/c26-28-27-9-13-33-15-17-35-18-16-34-14-12-30-24(31)20-6-4-5-19-22(29-10-2-1-3-11-29)8-7-21(23(19)20)25(30)32/h4-8H,1-3,9-18H2. The van der Waals surface area contributed by atoms with E-state index in [1.807, 2.05) is 24.3 Å². The minimum Gasteiger partial charge on any atom is -0.379 e. The van der Waals surface area contributed by atoms with Crippen LogP contribution in [0.15, 0.2) is 35.4 Å². The molecular formula is C25H31N5O5. The summed E-state index contributed by atoms with van der Waals surface area (Å²) in [5.74, 6) is -0.553. The van der Waals surface area contributed by atoms with E-state index in [1.165, 1.54) is 11.3 Å². The van der Waals surface area contributed by atoms with Gasteiger partial charge >= 0.3 is 0 Å². The summed E-state index contributed by atoms with van der Waals surface area (Å²) in [5.41, 5.74) is 10.4. The van der Waals surface area contributed by atoms with Crippen LogP contribution < -0.4 is 4.90 Å². The number of azide groups is 1. The van der Waals surface area contributed by atoms with Crippen molar-refractivity contribution in [2.45, 2.75) is 19.3 Å². The quantitative estimate of drug-likeness (QED) is 0.141. The van der Waals surface area contributed by atoms with Crippen molar-refractivity contribution in [1.82, 2.24) is 4.90 Å². The molecule has 0 bridgehead atoms. The summed E-state index contributed by atoms with van der Waals surface area (Å²) in [6.45, 7) is 4.61. The van der Waals surface area contributed by atoms with Gasteiger partial charge in [-0.15, -0.1) is 0 Å². The molecule has 0 aliphatic carbocycles. The highest BCUT2D eigenvalue weighted by Gasteiger charge is 2.33. The summed E-state index contributed by atoms with van der Waals surface area (Å²) in [6, 6.07) is 9.59. The average Bonchev–Trinajstić information content (AvgIpc) is 2.89. The van der Waals surface area contributed by atoms with Crippen LogP contribution in [0.1, 0.15) is 40.0 Å². The van der Waals surface area contributed by atoms with E-state index >= 15 is 0 Å². The second-order valence-corrected chi connectivity index (χ2v) is 8.46. The van der Waals surface area contributed by atoms with E-state index in [0.29, 0.717) is 50.7 Å². The number of piperidine rings is 1. The minimum atomic E-state index is -0.276. The van der Waals surface area contributed by atoms with Crippen LogP contribution in [0.4, 0.5) is 5.69 Å². The molecule has 10 nitrogen and oxygen atoms in total. The Labute approximate surface area is 204 Å². The third-order valence-corrected chi connectivity index (χ3v) is 6.27. The third kappa shape index (κ3) is 5.91. The molecule has 2 aliphatic rings. The predicted molar refractivity (Wildman–Crippen MR) is 132 cm³/mol. The van der Waals surface area contributed by atoms with Gasteiger partial charge in [-0.2, -0.15) is 0 Å². The lowest BCUT2D eigenvalue weighted by atomic mass is 9.92. The van der Waals surface area contributed by atoms with Crippen LogP contribution in [0.25, 0.3) is 21.2 Å². The van der Waals surface area contributed by atoms with E-state index in [-0.39, 0.29) is 25.0 Å². The van der Waals surface area contributed by atoms with Gasteiger partial charge in [-0.05, 0) is 43.0 Å². The maximum atomic E-state index is 13.2. The lowest BCUT2D eigenvalue weighted by molar-refractivity contribution is 0.0119. The van der Waals surface area contributed by atoms with Gasteiger partial charge in [0.05, 0.1) is 46.2 Å². The number of carbonyl (C=O) groups is 2. The van der Waals surface area contributed by atoms with E-state index in [1.54, 1.807) is 6.07 Å². The molecule has 2 aromatic carbocycles. The second-order valence-electron chi connectivity index (χ2n) is 8.46. The fraction of sp³-hybridized carbons (Fsp3) is 0.520. The number of carbonyl (C=O) groups excluding carboxylic acids is 2. The molecule has 0 saturated carbocycles. The molecule has 2 amide bonds. The Morgan fingerprint density at radius 2 is 1.49 bits per heavy atom. The topological polar surface area (TPSA) is 117 Å². The summed E-state index contributed by atoms with van der Waals surface area (Å²) >= 11 is 0. The number of benzene rings is 2. The first-order valence-electron chi connectivity index (χ1n) is 12.1. The normalized spacial score (nSPS) is 15.5. The number of imide groups is 1. The maximum Gasteiger partial charge on any atom is 0.261 e. The fourth-order valence-corrected chi connectivity index (χ4v) is 4.59. The molecule has 35 heavy (non-hydrogen) atoms. The molecule has 186 valence electrons. The van der Waals surface area contributed by atoms with Gasteiger partial charge in [0, 0.05) is 52.1 Å². The Morgan fingerprint density at radius 3 is 2.20 bits per heavy atom. The second kappa shape index (κ2) is 12.5. The number of anilines is 1. The molecule has 2 aliphatic heterocycles. The predicted octanol–water partition coefficient (Wildman–Crippen LogP) is 3.79. The van der Waals surface area contributed by atoms with Crippen LogP contribution in [-0.4, -0.2) is 82.5 Å². The Morgan fingerprint density at radius 1 is 0.829 bits per heavy atom. The summed E-state index contributed by atoms with van der Waals surface area (Å²) in [6.07, 6.45) is 3.56. The van der Waals surface area contributed by atoms with Gasteiger partial charge in [-0.3, -0.25) is 14.5 Å². The highest BCUT2D eigenvalue weighted by atomic mass is 16.5. The number of nitrogens with zero attached hydrogens (tertiary/aromatic N) is 5. The Bertz CT molecular complexity index is 1070. The van der Waals surface area contributed by atoms with Gasteiger partial charge in [0.1, 0.15) is 0 Å². The number of hydrogen-bond acceptors (Lipinski definition) is 7. The van der Waals surface area contributed by atoms with Gasteiger partial charge in [0.2, 0.25) is 0 Å². The van der Waals surface area contributed by atoms with Crippen molar-refractivity contribution in [2.75, 3.05) is 70.7 Å². The van der Waals surface area contributed by atoms with Crippen LogP contribution >= 0.6 is 0 Å². The SMILES string of the molecule is [N-]=[N+]=NCCOCCOCCOCCN1C(=O)c2cccc3c(N4CCCCC4)ccc(c23)C1=O. The number of rotatable bonds is 13. The fourth-order valence-electron chi connectivity index (χ4n) is 4.59. The molecule has 4 rings (SSSR count). The van der Waals surface area contributed by atoms with Crippen LogP contribution in [0, 0.1) is 0 Å². The largest absolute Gasteiger partial charge is 0.379 e. The Balaban J connectivity index is 1.29. The van der Waals surface area contributed by atoms with Crippen LogP contribution in [-0.2, 0) is 14.2 Å². The zero-order valence-electron chi connectivity index (χ0n) is 19.9. The van der Waals surface area contributed by atoms with Crippen LogP contribution in [0.3, 0.4) is 0 Å². The van der Waals surface area contributed by atoms with E-state index in [4.69, 9.17) is 19.7 Å². The molecule has 10 heteroatoms. The molecule has 0 atom stereocenters. The minimum absolute atomic E-state index is 0.184. The average molecular weight is 482 g/mol. The first-order chi connectivity index (χ1) is 17.2. The first kappa shape index (κ1) is 24.9. The zero-order chi connectivity index (χ0) is 24.5. The zero-order valence-corrected chi connectivity index (χ0v) is 19.9. The summed E-state index contributed by atoms with van der Waals surface area (Å²) < 4.78 is 16.2. The molecule has 0 spiro atoms. The molecular weight excluding hydrogens is 450 g/mol. The maximum absolute atomic E-state index is 13.2. The van der Waals surface area contributed by atoms with Crippen molar-refractivity contribution in [2.24, 2.45) is 5.11 Å². The molecule has 0 aromatic heterocycles. The first-order valence-corrected chi connectivity index (χ1v) is 12.1. The van der Waals surface area contributed by atoms with Gasteiger partial charge < -0.3 is 19.1 Å². The lowest BCUT2D eigenvalue weighted by Gasteiger charge is -2.32. The summed E-state index contributed by atoms with van der Waals surface area (Å²) in [7, 11) is 0. The van der Waals surface area contributed by atoms with Crippen molar-refractivity contribution >= 4 is 28.3 Å². The number of amides is 2. The smallest absolute Gasteiger partial charge is 0.261 e. The molecule has 2 heterocycles. The van der Waals surface area contributed by atoms with Gasteiger partial charge in [0.25, 0.3) is 11.8 Å². The monoisotopic (exact) mass is 481 g/mol. The molecule has 0 N–H and O–H groups in total. The Kier molecular flexibility index (Phi) is 8.91. The van der Waals surface area contributed by atoms with Crippen molar-refractivity contribution in [3.05, 3.63) is 51.9 Å². The molecule has 0 radical (unpaired) electrons. The highest BCUT2D eigenvalue weighted by Crippen LogP contribution is 2.36. The van der Waals surface area contributed by atoms with E-state index < -0.39 is 0 Å². The highest BCUT2D eigenvalue weighted by molar-refractivity contribution is 6.26. The van der Waals surface area contributed by atoms with Gasteiger partial charge in [-0.1, -0.05) is 17.2 Å². The molecule has 2 aromatic rings. The van der Waals surface area contributed by atoms with Gasteiger partial charge in [0.15, 0.2) is 0 Å². The third-order valence-electron chi connectivity index (χ3n) is 6.27. The Hall–Kier alpha value is -3.17. The number of hydrogen-bond donors (Lipinski definition) is 0. The van der Waals surface area contributed by atoms with Crippen molar-refractivity contribution < 1.29 is 23.8 Å². The van der Waals surface area contributed by atoms with Crippen molar-refractivity contribution in [1.29, 1.82) is 0 Å². The number of ether oxygens (including phenoxy) is 3.